The molecule has 0 aliphatic carbocycles. The molecule has 4 rings (SSSR count). The van der Waals surface area contributed by atoms with Gasteiger partial charge in [0.2, 0.25) is 0 Å². The number of nitrogens with one attached hydrogen (secondary N) is 1. The lowest BCUT2D eigenvalue weighted by atomic mass is 9.93. The van der Waals surface area contributed by atoms with Crippen LogP contribution in [0.3, 0.4) is 0 Å². The van der Waals surface area contributed by atoms with E-state index in [1.54, 1.807) is 12.3 Å². The van der Waals surface area contributed by atoms with Gasteiger partial charge in [0.05, 0.1) is 40.2 Å². The van der Waals surface area contributed by atoms with Crippen molar-refractivity contribution >= 4 is 47.2 Å². The Kier molecular flexibility index (Phi) is 3.86. The molecule has 2 aliphatic rings. The summed E-state index contributed by atoms with van der Waals surface area (Å²) in [5.41, 5.74) is 2.32. The maximum Gasteiger partial charge on any atom is 0.152 e. The van der Waals surface area contributed by atoms with Crippen molar-refractivity contribution in [1.82, 2.24) is 15.3 Å². The summed E-state index contributed by atoms with van der Waals surface area (Å²) in [6.45, 7) is 7.47. The van der Waals surface area contributed by atoms with Crippen molar-refractivity contribution in [2.45, 2.75) is 19.4 Å². The molecular formula is C17H20BClFN5. The number of halogens is 2. The van der Waals surface area contributed by atoms with Gasteiger partial charge >= 0.3 is 0 Å². The molecule has 2 radical (unpaired) electrons. The molecule has 1 unspecified atom stereocenters. The lowest BCUT2D eigenvalue weighted by Gasteiger charge is -2.44. The quantitative estimate of drug-likeness (QED) is 0.723. The number of pyridine rings is 1. The van der Waals surface area contributed by atoms with E-state index < -0.39 is 5.82 Å². The second-order valence-corrected chi connectivity index (χ2v) is 7.67. The second kappa shape index (κ2) is 5.72. The van der Waals surface area contributed by atoms with Gasteiger partial charge in [-0.25, -0.2) is 9.40 Å². The zero-order valence-electron chi connectivity index (χ0n) is 14.6. The van der Waals surface area contributed by atoms with Crippen LogP contribution in [0.4, 0.5) is 15.8 Å². The molecule has 1 fully saturated rings. The molecule has 2 bridgehead atoms. The molecule has 0 saturated carbocycles. The van der Waals surface area contributed by atoms with Crippen LogP contribution in [0.25, 0.3) is 10.9 Å². The molecule has 0 spiro atoms. The van der Waals surface area contributed by atoms with Crippen molar-refractivity contribution in [2.24, 2.45) is 0 Å². The first kappa shape index (κ1) is 16.9. The highest BCUT2D eigenvalue weighted by atomic mass is 35.5. The van der Waals surface area contributed by atoms with E-state index in [4.69, 9.17) is 19.4 Å². The van der Waals surface area contributed by atoms with Gasteiger partial charge in [-0.05, 0) is 19.9 Å². The van der Waals surface area contributed by atoms with Gasteiger partial charge in [0, 0.05) is 32.2 Å². The summed E-state index contributed by atoms with van der Waals surface area (Å²) in [6, 6.07) is 1.64. The van der Waals surface area contributed by atoms with Crippen LogP contribution in [0.2, 0.25) is 5.02 Å². The molecule has 2 aromatic rings. The molecule has 0 amide bonds. The van der Waals surface area contributed by atoms with Crippen LogP contribution >= 0.6 is 11.6 Å². The van der Waals surface area contributed by atoms with Crippen LogP contribution in [-0.2, 0) is 0 Å². The Balaban J connectivity index is 2.04. The molecule has 1 aromatic carbocycles. The Hall–Kier alpha value is -1.57. The predicted molar refractivity (Wildman–Crippen MR) is 102 cm³/mol. The van der Waals surface area contributed by atoms with Gasteiger partial charge in [-0.2, -0.15) is 0 Å². The Labute approximate surface area is 153 Å². The van der Waals surface area contributed by atoms with E-state index >= 15 is 4.39 Å². The number of anilines is 2. The molecule has 3 heterocycles. The highest BCUT2D eigenvalue weighted by Crippen LogP contribution is 2.41. The van der Waals surface area contributed by atoms with E-state index in [1.807, 2.05) is 7.05 Å². The summed E-state index contributed by atoms with van der Waals surface area (Å²) in [5, 5.41) is 8.23. The summed E-state index contributed by atoms with van der Waals surface area (Å²) in [7, 11) is 7.83. The van der Waals surface area contributed by atoms with E-state index in [9.17, 15) is 0 Å². The first-order valence-corrected chi connectivity index (χ1v) is 8.72. The number of benzene rings is 1. The minimum absolute atomic E-state index is 0.0467. The zero-order valence-corrected chi connectivity index (χ0v) is 15.4. The van der Waals surface area contributed by atoms with Crippen LogP contribution in [-0.4, -0.2) is 56.7 Å². The third-order valence-electron chi connectivity index (χ3n) is 5.19. The van der Waals surface area contributed by atoms with E-state index in [0.29, 0.717) is 17.6 Å². The predicted octanol–water partition coefficient (Wildman–Crippen LogP) is 1.63. The molecule has 5 nitrogen and oxygen atoms in total. The average Bonchev–Trinajstić information content (AvgIpc) is 2.67. The molecule has 1 N–H and O–H groups in total. The molecule has 1 aromatic heterocycles. The minimum Gasteiger partial charge on any atom is -0.355 e. The van der Waals surface area contributed by atoms with Crippen LogP contribution < -0.4 is 20.7 Å². The van der Waals surface area contributed by atoms with Crippen molar-refractivity contribution in [3.05, 3.63) is 23.1 Å². The Morgan fingerprint density at radius 3 is 2.88 bits per heavy atom. The number of hydrogen-bond acceptors (Lipinski definition) is 5. The van der Waals surface area contributed by atoms with Crippen LogP contribution in [0.1, 0.15) is 13.8 Å². The maximum atomic E-state index is 15.1. The van der Waals surface area contributed by atoms with Gasteiger partial charge in [-0.1, -0.05) is 17.1 Å². The number of rotatable bonds is 0. The van der Waals surface area contributed by atoms with E-state index in [0.717, 1.165) is 31.0 Å². The van der Waals surface area contributed by atoms with Gasteiger partial charge in [0.25, 0.3) is 0 Å². The molecule has 25 heavy (non-hydrogen) atoms. The molecular weight excluding hydrogens is 339 g/mol. The summed E-state index contributed by atoms with van der Waals surface area (Å²) < 4.78 is 15.1. The first-order valence-electron chi connectivity index (χ1n) is 8.34. The second-order valence-electron chi connectivity index (χ2n) is 7.29. The lowest BCUT2D eigenvalue weighted by molar-refractivity contribution is 0.110. The van der Waals surface area contributed by atoms with Crippen molar-refractivity contribution < 1.29 is 4.39 Å². The Morgan fingerprint density at radius 1 is 1.36 bits per heavy atom. The van der Waals surface area contributed by atoms with Crippen molar-refractivity contribution in [1.29, 1.82) is 0 Å². The summed E-state index contributed by atoms with van der Waals surface area (Å²) >= 11 is 6.10. The number of hydrazine groups is 1. The standard InChI is InChI=1S/C17H20BClFN5/c1-17(2)8-21-9-24-4-5-25(17)23(3)12-7-22-11-6-10(18)14(19)15(20)13(11)16(12)24/h6-7,21H,4-5,8-9H2,1-3H3. The monoisotopic (exact) mass is 359 g/mol. The van der Waals surface area contributed by atoms with Gasteiger partial charge in [-0.3, -0.25) is 10.3 Å². The molecule has 130 valence electrons. The lowest BCUT2D eigenvalue weighted by Crippen LogP contribution is -2.60. The van der Waals surface area contributed by atoms with E-state index in [2.05, 4.69) is 39.1 Å². The van der Waals surface area contributed by atoms with Gasteiger partial charge in [0.15, 0.2) is 5.82 Å². The number of nitrogens with zero attached hydrogens (tertiary/aromatic N) is 4. The van der Waals surface area contributed by atoms with Crippen LogP contribution in [0.5, 0.6) is 0 Å². The van der Waals surface area contributed by atoms with Gasteiger partial charge in [0.1, 0.15) is 7.85 Å². The number of hydrogen-bond donors (Lipinski definition) is 1. The molecule has 1 saturated heterocycles. The average molecular weight is 360 g/mol. The fourth-order valence-corrected chi connectivity index (χ4v) is 4.05. The van der Waals surface area contributed by atoms with Crippen molar-refractivity contribution in [3.63, 3.8) is 0 Å². The third kappa shape index (κ3) is 2.48. The smallest absolute Gasteiger partial charge is 0.152 e. The molecule has 1 atom stereocenters. The topological polar surface area (TPSA) is 34.6 Å². The van der Waals surface area contributed by atoms with Crippen molar-refractivity contribution in [2.75, 3.05) is 43.3 Å². The molecule has 2 aliphatic heterocycles. The van der Waals surface area contributed by atoms with Crippen LogP contribution in [0, 0.1) is 5.82 Å². The minimum atomic E-state index is -0.508. The fraction of sp³-hybridized carbons (Fsp3) is 0.471. The number of fused-ring (bicyclic) bond motifs is 7. The van der Waals surface area contributed by atoms with Crippen LogP contribution in [0.15, 0.2) is 12.3 Å². The first-order chi connectivity index (χ1) is 11.8. The largest absolute Gasteiger partial charge is 0.355 e. The summed E-state index contributed by atoms with van der Waals surface area (Å²) in [5.74, 6) is -0.508. The van der Waals surface area contributed by atoms with Crippen molar-refractivity contribution in [3.8, 4) is 0 Å². The normalized spacial score (nSPS) is 22.5. The zero-order chi connectivity index (χ0) is 17.9. The third-order valence-corrected chi connectivity index (χ3v) is 5.57. The van der Waals surface area contributed by atoms with E-state index in [1.165, 1.54) is 0 Å². The Morgan fingerprint density at radius 2 is 2.12 bits per heavy atom. The Bertz CT molecular complexity index is 859. The molecule has 8 heteroatoms. The van der Waals surface area contributed by atoms with Gasteiger partial charge in [-0.15, -0.1) is 0 Å². The summed E-state index contributed by atoms with van der Waals surface area (Å²) in [6.07, 6.45) is 1.79. The summed E-state index contributed by atoms with van der Waals surface area (Å²) in [4.78, 5) is 6.61. The fourth-order valence-electron chi connectivity index (χ4n) is 3.90. The maximum absolute atomic E-state index is 15.1. The highest BCUT2D eigenvalue weighted by Gasteiger charge is 2.37. The van der Waals surface area contributed by atoms with Gasteiger partial charge < -0.3 is 9.91 Å². The SMILES string of the molecule is [B]c1cc2ncc3c(c2c(F)c1Cl)N1CCN(N3C)C(C)(C)CNC1. The highest BCUT2D eigenvalue weighted by molar-refractivity contribution is 6.46. The van der Waals surface area contributed by atoms with E-state index in [-0.39, 0.29) is 16.0 Å². The number of aromatic nitrogens is 1.